The smallest absolute Gasteiger partial charge is 0.136 e. The van der Waals surface area contributed by atoms with Gasteiger partial charge in [-0.3, -0.25) is 4.79 Å². The van der Waals surface area contributed by atoms with E-state index in [9.17, 15) is 4.79 Å². The van der Waals surface area contributed by atoms with Crippen molar-refractivity contribution in [2.24, 2.45) is 22.7 Å². The van der Waals surface area contributed by atoms with Crippen molar-refractivity contribution in [3.05, 3.63) is 0 Å². The largest absolute Gasteiger partial charge is 0.299 e. The van der Waals surface area contributed by atoms with Gasteiger partial charge in [-0.25, -0.2) is 0 Å². The molecular weight excluding hydrogens is 232 g/mol. The van der Waals surface area contributed by atoms with Crippen LogP contribution in [0.1, 0.15) is 85.5 Å². The Morgan fingerprint density at radius 1 is 1.21 bits per heavy atom. The molecule has 0 radical (unpaired) electrons. The van der Waals surface area contributed by atoms with Crippen molar-refractivity contribution >= 4 is 5.78 Å². The number of hydrogen-bond donors (Lipinski definition) is 0. The summed E-state index contributed by atoms with van der Waals surface area (Å²) in [4.78, 5) is 12.1. The first-order valence-electron chi connectivity index (χ1n) is 8.36. The lowest BCUT2D eigenvalue weighted by Gasteiger charge is -2.40. The second-order valence-electron chi connectivity index (χ2n) is 8.46. The molecule has 0 spiro atoms. The summed E-state index contributed by atoms with van der Waals surface area (Å²) in [6, 6.07) is 0. The van der Waals surface area contributed by atoms with E-state index < -0.39 is 0 Å². The van der Waals surface area contributed by atoms with Crippen molar-refractivity contribution in [1.82, 2.24) is 0 Å². The summed E-state index contributed by atoms with van der Waals surface area (Å²) in [5.74, 6) is 1.81. The van der Waals surface area contributed by atoms with Crippen LogP contribution in [0.3, 0.4) is 0 Å². The Balaban J connectivity index is 1.83. The van der Waals surface area contributed by atoms with Crippen molar-refractivity contribution in [2.45, 2.75) is 85.5 Å². The summed E-state index contributed by atoms with van der Waals surface area (Å²) in [5.41, 5.74) is 0.833. The Kier molecular flexibility index (Phi) is 4.42. The molecule has 3 atom stereocenters. The molecule has 0 amide bonds. The standard InChI is InChI=1S/C18H32O/c1-17(2,3)12-6-5-8-14-10-11-15-16(19)9-7-13-18(14,15)4/h14-15H,5-13H2,1-4H3/t14-,15-,18+/m0/s1. The Morgan fingerprint density at radius 2 is 1.95 bits per heavy atom. The SMILES string of the molecule is CC(C)(C)CCCC[C@H]1CC[C@H]2C(=O)CCC[C@]12C. The minimum atomic E-state index is 0.358. The first-order valence-corrected chi connectivity index (χ1v) is 8.36. The highest BCUT2D eigenvalue weighted by atomic mass is 16.1. The van der Waals surface area contributed by atoms with Crippen LogP contribution in [-0.2, 0) is 4.79 Å². The van der Waals surface area contributed by atoms with Crippen LogP contribution >= 0.6 is 0 Å². The van der Waals surface area contributed by atoms with Crippen LogP contribution in [0.15, 0.2) is 0 Å². The molecule has 110 valence electrons. The van der Waals surface area contributed by atoms with E-state index in [2.05, 4.69) is 27.7 Å². The fourth-order valence-corrected chi connectivity index (χ4v) is 4.56. The molecule has 0 aromatic rings. The second-order valence-corrected chi connectivity index (χ2v) is 8.46. The molecule has 2 aliphatic carbocycles. The molecule has 0 aromatic heterocycles. The van der Waals surface area contributed by atoms with Crippen molar-refractivity contribution in [3.63, 3.8) is 0 Å². The molecule has 0 bridgehead atoms. The zero-order valence-corrected chi connectivity index (χ0v) is 13.4. The van der Waals surface area contributed by atoms with Crippen LogP contribution in [-0.4, -0.2) is 5.78 Å². The maximum Gasteiger partial charge on any atom is 0.136 e. The lowest BCUT2D eigenvalue weighted by atomic mass is 9.64. The maximum atomic E-state index is 12.1. The van der Waals surface area contributed by atoms with Gasteiger partial charge in [0.15, 0.2) is 0 Å². The van der Waals surface area contributed by atoms with E-state index in [4.69, 9.17) is 0 Å². The number of ketones is 1. The quantitative estimate of drug-likeness (QED) is 0.623. The first-order chi connectivity index (χ1) is 8.83. The summed E-state index contributed by atoms with van der Waals surface area (Å²) < 4.78 is 0. The highest BCUT2D eigenvalue weighted by Gasteiger charge is 2.50. The lowest BCUT2D eigenvalue weighted by Crippen LogP contribution is -2.37. The monoisotopic (exact) mass is 264 g/mol. The van der Waals surface area contributed by atoms with E-state index in [1.54, 1.807) is 0 Å². The summed E-state index contributed by atoms with van der Waals surface area (Å²) in [5, 5.41) is 0. The zero-order valence-electron chi connectivity index (χ0n) is 13.4. The molecule has 2 aliphatic rings. The third-order valence-corrected chi connectivity index (χ3v) is 5.79. The Labute approximate surface area is 119 Å². The van der Waals surface area contributed by atoms with E-state index in [0.717, 1.165) is 18.8 Å². The third-order valence-electron chi connectivity index (χ3n) is 5.79. The minimum Gasteiger partial charge on any atom is -0.299 e. The van der Waals surface area contributed by atoms with Gasteiger partial charge in [0.25, 0.3) is 0 Å². The van der Waals surface area contributed by atoms with Gasteiger partial charge in [-0.2, -0.15) is 0 Å². The van der Waals surface area contributed by atoms with E-state index >= 15 is 0 Å². The van der Waals surface area contributed by atoms with Gasteiger partial charge in [-0.05, 0) is 55.3 Å². The van der Waals surface area contributed by atoms with Gasteiger partial charge in [0.05, 0.1) is 0 Å². The topological polar surface area (TPSA) is 17.1 Å². The Hall–Kier alpha value is -0.330. The highest BCUT2D eigenvalue weighted by molar-refractivity contribution is 5.83. The molecule has 0 unspecified atom stereocenters. The van der Waals surface area contributed by atoms with E-state index in [1.807, 2.05) is 0 Å². The number of hydrogen-bond acceptors (Lipinski definition) is 1. The van der Waals surface area contributed by atoms with Crippen molar-refractivity contribution in [1.29, 1.82) is 0 Å². The van der Waals surface area contributed by atoms with Crippen LogP contribution in [0.5, 0.6) is 0 Å². The molecular formula is C18H32O. The van der Waals surface area contributed by atoms with E-state index in [-0.39, 0.29) is 0 Å². The lowest BCUT2D eigenvalue weighted by molar-refractivity contribution is -0.129. The summed E-state index contributed by atoms with van der Waals surface area (Å²) in [6.07, 6.45) is 11.2. The van der Waals surface area contributed by atoms with Gasteiger partial charge in [-0.15, -0.1) is 0 Å². The summed E-state index contributed by atoms with van der Waals surface area (Å²) >= 11 is 0. The first kappa shape index (κ1) is 15.1. The van der Waals surface area contributed by atoms with E-state index in [1.165, 1.54) is 44.9 Å². The fourth-order valence-electron chi connectivity index (χ4n) is 4.56. The molecule has 0 aliphatic heterocycles. The number of rotatable bonds is 4. The molecule has 1 heteroatoms. The number of fused-ring (bicyclic) bond motifs is 1. The highest BCUT2D eigenvalue weighted by Crippen LogP contribution is 2.55. The third kappa shape index (κ3) is 3.41. The van der Waals surface area contributed by atoms with Crippen molar-refractivity contribution in [2.75, 3.05) is 0 Å². The van der Waals surface area contributed by atoms with Crippen LogP contribution in [0.25, 0.3) is 0 Å². The predicted molar refractivity (Wildman–Crippen MR) is 81.1 cm³/mol. The molecule has 2 fully saturated rings. The van der Waals surface area contributed by atoms with Gasteiger partial charge >= 0.3 is 0 Å². The molecule has 0 N–H and O–H groups in total. The van der Waals surface area contributed by atoms with Crippen LogP contribution < -0.4 is 0 Å². The van der Waals surface area contributed by atoms with Gasteiger partial charge in [0.2, 0.25) is 0 Å². The molecule has 1 nitrogen and oxygen atoms in total. The molecule has 19 heavy (non-hydrogen) atoms. The average molecular weight is 264 g/mol. The van der Waals surface area contributed by atoms with Crippen LogP contribution in [0.2, 0.25) is 0 Å². The van der Waals surface area contributed by atoms with Crippen LogP contribution in [0, 0.1) is 22.7 Å². The Morgan fingerprint density at radius 3 is 2.63 bits per heavy atom. The van der Waals surface area contributed by atoms with Gasteiger partial charge in [0.1, 0.15) is 5.78 Å². The predicted octanol–water partition coefficient (Wildman–Crippen LogP) is 5.38. The average Bonchev–Trinajstić information content (AvgIpc) is 2.62. The fraction of sp³-hybridized carbons (Fsp3) is 0.944. The number of unbranched alkanes of at least 4 members (excludes halogenated alkanes) is 1. The van der Waals surface area contributed by atoms with Gasteiger partial charge in [0, 0.05) is 12.3 Å². The molecule has 0 saturated heterocycles. The number of Topliss-reactive ketones (excluding diaryl/α,β-unsaturated/α-hetero) is 1. The molecule has 0 heterocycles. The summed E-state index contributed by atoms with van der Waals surface area (Å²) in [7, 11) is 0. The normalized spacial score (nSPS) is 35.5. The van der Waals surface area contributed by atoms with Gasteiger partial charge in [-0.1, -0.05) is 40.5 Å². The second kappa shape index (κ2) is 5.58. The molecule has 2 saturated carbocycles. The summed E-state index contributed by atoms with van der Waals surface area (Å²) in [6.45, 7) is 9.41. The Bertz CT molecular complexity index is 325. The number of carbonyl (C=O) groups is 1. The van der Waals surface area contributed by atoms with Crippen molar-refractivity contribution < 1.29 is 4.79 Å². The van der Waals surface area contributed by atoms with E-state index in [0.29, 0.717) is 22.5 Å². The molecule has 2 rings (SSSR count). The van der Waals surface area contributed by atoms with Crippen molar-refractivity contribution in [3.8, 4) is 0 Å². The number of carbonyl (C=O) groups excluding carboxylic acids is 1. The van der Waals surface area contributed by atoms with Gasteiger partial charge < -0.3 is 0 Å². The minimum absolute atomic E-state index is 0.358. The zero-order chi connectivity index (χ0) is 14.1. The molecule has 0 aromatic carbocycles. The van der Waals surface area contributed by atoms with Crippen LogP contribution in [0.4, 0.5) is 0 Å². The maximum absolute atomic E-state index is 12.1.